The summed E-state index contributed by atoms with van der Waals surface area (Å²) in [4.78, 5) is 40.5. The number of hydrogen-bond donors (Lipinski definition) is 1. The van der Waals surface area contributed by atoms with E-state index < -0.39 is 23.2 Å². The molecule has 2 aromatic heterocycles. The molecule has 2 heterocycles. The van der Waals surface area contributed by atoms with Crippen molar-refractivity contribution in [2.45, 2.75) is 33.2 Å². The molecule has 0 aromatic carbocycles. The summed E-state index contributed by atoms with van der Waals surface area (Å²) in [6.07, 6.45) is 0.808. The predicted octanol–water partition coefficient (Wildman–Crippen LogP) is 2.40. The van der Waals surface area contributed by atoms with Gasteiger partial charge in [0.05, 0.1) is 5.39 Å². The number of H-pyrrole nitrogens is 1. The number of fused-ring (bicyclic) bond motifs is 1. The van der Waals surface area contributed by atoms with Crippen molar-refractivity contribution in [3.8, 4) is 0 Å². The van der Waals surface area contributed by atoms with E-state index in [1.165, 1.54) is 25.2 Å². The van der Waals surface area contributed by atoms with Crippen LogP contribution in [0.25, 0.3) is 10.2 Å². The molecule has 0 aliphatic heterocycles. The van der Waals surface area contributed by atoms with E-state index in [-0.39, 0.29) is 4.77 Å². The molecule has 2 aromatic rings. The standard InChI is InChI=1S/C13H14N2O3S2/c1-4-8-5-9-11(20-8)14-13(19)15(12(9)18)10(6(2)16)7(3)17/h5,10H,4H2,1-3H3,(H,14,19). The molecule has 0 spiro atoms. The van der Waals surface area contributed by atoms with Crippen LogP contribution in [0, 0.1) is 4.77 Å². The number of ketones is 2. The van der Waals surface area contributed by atoms with E-state index in [0.717, 1.165) is 15.9 Å². The van der Waals surface area contributed by atoms with Gasteiger partial charge in [0.2, 0.25) is 0 Å². The Morgan fingerprint density at radius 3 is 2.50 bits per heavy atom. The van der Waals surface area contributed by atoms with Crippen LogP contribution in [0.2, 0.25) is 0 Å². The predicted molar refractivity (Wildman–Crippen MR) is 81.0 cm³/mol. The van der Waals surface area contributed by atoms with E-state index in [4.69, 9.17) is 12.2 Å². The monoisotopic (exact) mass is 310 g/mol. The molecule has 0 saturated carbocycles. The molecule has 0 saturated heterocycles. The number of aromatic amines is 1. The first-order chi connectivity index (χ1) is 9.36. The van der Waals surface area contributed by atoms with Gasteiger partial charge in [0.1, 0.15) is 4.83 Å². The molecular formula is C13H14N2O3S2. The van der Waals surface area contributed by atoms with Crippen LogP contribution >= 0.6 is 23.6 Å². The van der Waals surface area contributed by atoms with Gasteiger partial charge in [-0.2, -0.15) is 0 Å². The zero-order valence-corrected chi connectivity index (χ0v) is 13.0. The van der Waals surface area contributed by atoms with Gasteiger partial charge < -0.3 is 4.98 Å². The highest BCUT2D eigenvalue weighted by molar-refractivity contribution is 7.71. The number of thiophene rings is 1. The minimum absolute atomic E-state index is 0.0994. The molecule has 5 nitrogen and oxygen atoms in total. The van der Waals surface area contributed by atoms with E-state index in [1.54, 1.807) is 6.07 Å². The fourth-order valence-electron chi connectivity index (χ4n) is 2.13. The number of aromatic nitrogens is 2. The lowest BCUT2D eigenvalue weighted by molar-refractivity contribution is -0.129. The van der Waals surface area contributed by atoms with Gasteiger partial charge in [0.15, 0.2) is 22.4 Å². The molecule has 20 heavy (non-hydrogen) atoms. The second-order valence-electron chi connectivity index (χ2n) is 4.54. The molecule has 106 valence electrons. The molecule has 2 rings (SSSR count). The quantitative estimate of drug-likeness (QED) is 0.695. The first-order valence-corrected chi connectivity index (χ1v) is 7.37. The average molecular weight is 310 g/mol. The van der Waals surface area contributed by atoms with E-state index >= 15 is 0 Å². The van der Waals surface area contributed by atoms with Gasteiger partial charge in [0.25, 0.3) is 5.56 Å². The first-order valence-electron chi connectivity index (χ1n) is 6.15. The summed E-state index contributed by atoms with van der Waals surface area (Å²) in [7, 11) is 0. The molecule has 0 unspecified atom stereocenters. The Kier molecular flexibility index (Phi) is 4.01. The molecule has 0 fully saturated rings. The lowest BCUT2D eigenvalue weighted by Gasteiger charge is -2.13. The Morgan fingerprint density at radius 2 is 2.00 bits per heavy atom. The van der Waals surface area contributed by atoms with Crippen molar-refractivity contribution >= 4 is 45.3 Å². The summed E-state index contributed by atoms with van der Waals surface area (Å²) < 4.78 is 1.18. The topological polar surface area (TPSA) is 71.9 Å². The summed E-state index contributed by atoms with van der Waals surface area (Å²) >= 11 is 6.59. The van der Waals surface area contributed by atoms with Crippen LogP contribution in [0.1, 0.15) is 31.7 Å². The molecule has 1 N–H and O–H groups in total. The number of rotatable bonds is 4. The maximum atomic E-state index is 12.5. The third-order valence-electron chi connectivity index (χ3n) is 3.05. The Hall–Kier alpha value is -1.60. The molecule has 0 aliphatic carbocycles. The Bertz CT molecular complexity index is 799. The molecular weight excluding hydrogens is 296 g/mol. The van der Waals surface area contributed by atoms with Gasteiger partial charge >= 0.3 is 0 Å². The van der Waals surface area contributed by atoms with E-state index in [9.17, 15) is 14.4 Å². The van der Waals surface area contributed by atoms with Crippen molar-refractivity contribution in [3.05, 3.63) is 26.1 Å². The summed E-state index contributed by atoms with van der Waals surface area (Å²) in [6, 6.07) is 0.627. The Morgan fingerprint density at radius 1 is 1.40 bits per heavy atom. The second kappa shape index (κ2) is 5.41. The van der Waals surface area contributed by atoms with E-state index in [0.29, 0.717) is 10.2 Å². The average Bonchev–Trinajstić information content (AvgIpc) is 2.76. The minimum atomic E-state index is -1.15. The van der Waals surface area contributed by atoms with E-state index in [1.807, 2.05) is 6.92 Å². The van der Waals surface area contributed by atoms with E-state index in [2.05, 4.69) is 4.98 Å². The number of nitrogens with zero attached hydrogens (tertiary/aromatic N) is 1. The number of carbonyl (C=O) groups excluding carboxylic acids is 2. The summed E-state index contributed by atoms with van der Waals surface area (Å²) in [5, 5.41) is 0.466. The fraction of sp³-hybridized carbons (Fsp3) is 0.385. The normalized spacial score (nSPS) is 11.2. The highest BCUT2D eigenvalue weighted by Crippen LogP contribution is 2.22. The SMILES string of the molecule is CCc1cc2c(=O)n(C(C(C)=O)C(C)=O)c(=S)[nH]c2s1. The van der Waals surface area contributed by atoms with Crippen molar-refractivity contribution in [2.75, 3.05) is 0 Å². The summed E-state index contributed by atoms with van der Waals surface area (Å²) in [6.45, 7) is 4.55. The van der Waals surface area contributed by atoms with Gasteiger partial charge in [-0.25, -0.2) is 0 Å². The number of aryl methyl sites for hydroxylation is 1. The number of nitrogens with one attached hydrogen (secondary N) is 1. The molecule has 0 radical (unpaired) electrons. The lowest BCUT2D eigenvalue weighted by Crippen LogP contribution is -2.34. The van der Waals surface area contributed by atoms with Crippen molar-refractivity contribution in [1.82, 2.24) is 9.55 Å². The van der Waals surface area contributed by atoms with Gasteiger partial charge in [-0.1, -0.05) is 6.92 Å². The fourth-order valence-corrected chi connectivity index (χ4v) is 3.47. The van der Waals surface area contributed by atoms with Crippen LogP contribution in [-0.2, 0) is 16.0 Å². The van der Waals surface area contributed by atoms with Crippen LogP contribution < -0.4 is 5.56 Å². The van der Waals surface area contributed by atoms with Crippen LogP contribution in [0.3, 0.4) is 0 Å². The third-order valence-corrected chi connectivity index (χ3v) is 4.54. The highest BCUT2D eigenvalue weighted by Gasteiger charge is 2.25. The van der Waals surface area contributed by atoms with Crippen LogP contribution in [-0.4, -0.2) is 21.1 Å². The number of carbonyl (C=O) groups is 2. The molecule has 0 amide bonds. The largest absolute Gasteiger partial charge is 0.323 e. The van der Waals surface area contributed by atoms with Crippen LogP contribution in [0.15, 0.2) is 10.9 Å². The summed E-state index contributed by atoms with van der Waals surface area (Å²) in [5.74, 6) is -0.797. The van der Waals surface area contributed by atoms with Crippen molar-refractivity contribution in [1.29, 1.82) is 0 Å². The maximum Gasteiger partial charge on any atom is 0.264 e. The zero-order chi connectivity index (χ0) is 15.0. The third kappa shape index (κ3) is 2.38. The molecule has 0 bridgehead atoms. The van der Waals surface area contributed by atoms with Gasteiger partial charge in [-0.3, -0.25) is 19.0 Å². The van der Waals surface area contributed by atoms with Gasteiger partial charge in [0, 0.05) is 4.88 Å². The van der Waals surface area contributed by atoms with Crippen molar-refractivity contribution in [2.24, 2.45) is 0 Å². The number of hydrogen-bond acceptors (Lipinski definition) is 5. The Balaban J connectivity index is 2.83. The van der Waals surface area contributed by atoms with Crippen molar-refractivity contribution in [3.63, 3.8) is 0 Å². The van der Waals surface area contributed by atoms with Crippen LogP contribution in [0.5, 0.6) is 0 Å². The smallest absolute Gasteiger partial charge is 0.264 e. The molecule has 0 aliphatic rings. The lowest BCUT2D eigenvalue weighted by atomic mass is 10.1. The van der Waals surface area contributed by atoms with Gasteiger partial charge in [-0.15, -0.1) is 11.3 Å². The second-order valence-corrected chi connectivity index (χ2v) is 6.06. The zero-order valence-electron chi connectivity index (χ0n) is 11.4. The molecule has 7 heteroatoms. The van der Waals surface area contributed by atoms with Crippen LogP contribution in [0.4, 0.5) is 0 Å². The Labute approximate surface area is 124 Å². The van der Waals surface area contributed by atoms with Gasteiger partial charge in [-0.05, 0) is 38.6 Å². The summed E-state index contributed by atoms with van der Waals surface area (Å²) in [5.41, 5.74) is -0.393. The highest BCUT2D eigenvalue weighted by atomic mass is 32.1. The first kappa shape index (κ1) is 14.8. The number of Topliss-reactive ketones (excluding diaryl/α,β-unsaturated/α-hetero) is 2. The maximum absolute atomic E-state index is 12.5. The minimum Gasteiger partial charge on any atom is -0.323 e. The van der Waals surface area contributed by atoms with Crippen molar-refractivity contribution < 1.29 is 9.59 Å². The molecule has 0 atom stereocenters.